The zero-order chi connectivity index (χ0) is 13.0. The molecule has 4 heteroatoms. The fourth-order valence-electron chi connectivity index (χ4n) is 1.56. The lowest BCUT2D eigenvalue weighted by Crippen LogP contribution is -1.99. The lowest BCUT2D eigenvalue weighted by Gasteiger charge is -2.10. The summed E-state index contributed by atoms with van der Waals surface area (Å²) >= 11 is 13.4. The number of thioether (sulfide) groups is 1. The van der Waals surface area contributed by atoms with E-state index in [0.29, 0.717) is 15.8 Å². The SMILES string of the molecule is OC(CSc1cc(Cl)cc(Cl)c1)c1ccccc1. The average molecular weight is 299 g/mol. The Morgan fingerprint density at radius 2 is 1.61 bits per heavy atom. The third-order valence-electron chi connectivity index (χ3n) is 2.43. The Hall–Kier alpha value is -0.670. The predicted octanol–water partition coefficient (Wildman–Crippen LogP) is 4.82. The molecule has 0 heterocycles. The van der Waals surface area contributed by atoms with E-state index in [9.17, 15) is 5.11 Å². The fraction of sp³-hybridized carbons (Fsp3) is 0.143. The maximum atomic E-state index is 10.0. The lowest BCUT2D eigenvalue weighted by atomic mass is 10.1. The van der Waals surface area contributed by atoms with Crippen LogP contribution in [0.4, 0.5) is 0 Å². The average Bonchev–Trinajstić information content (AvgIpc) is 2.36. The van der Waals surface area contributed by atoms with Crippen LogP contribution in [0.25, 0.3) is 0 Å². The monoisotopic (exact) mass is 298 g/mol. The molecule has 2 aromatic rings. The lowest BCUT2D eigenvalue weighted by molar-refractivity contribution is 0.204. The van der Waals surface area contributed by atoms with E-state index in [1.54, 1.807) is 6.07 Å². The molecule has 0 aliphatic carbocycles. The second kappa shape index (κ2) is 6.48. The Bertz CT molecular complexity index is 496. The molecule has 94 valence electrons. The molecule has 0 bridgehead atoms. The van der Waals surface area contributed by atoms with E-state index in [1.807, 2.05) is 42.5 Å². The van der Waals surface area contributed by atoms with Gasteiger partial charge < -0.3 is 5.11 Å². The van der Waals surface area contributed by atoms with Crippen LogP contribution in [0.5, 0.6) is 0 Å². The summed E-state index contributed by atoms with van der Waals surface area (Å²) < 4.78 is 0. The number of aliphatic hydroxyl groups excluding tert-OH is 1. The summed E-state index contributed by atoms with van der Waals surface area (Å²) in [5, 5.41) is 11.3. The molecule has 1 unspecified atom stereocenters. The summed E-state index contributed by atoms with van der Waals surface area (Å²) in [7, 11) is 0. The van der Waals surface area contributed by atoms with Crippen LogP contribution in [0, 0.1) is 0 Å². The Morgan fingerprint density at radius 1 is 1.00 bits per heavy atom. The zero-order valence-electron chi connectivity index (χ0n) is 9.51. The van der Waals surface area contributed by atoms with Crippen molar-refractivity contribution in [3.63, 3.8) is 0 Å². The highest BCUT2D eigenvalue weighted by Crippen LogP contribution is 2.29. The van der Waals surface area contributed by atoms with Gasteiger partial charge in [-0.3, -0.25) is 0 Å². The molecule has 0 spiro atoms. The van der Waals surface area contributed by atoms with E-state index in [1.165, 1.54) is 11.8 Å². The van der Waals surface area contributed by atoms with Crippen molar-refractivity contribution < 1.29 is 5.11 Å². The molecule has 0 amide bonds. The van der Waals surface area contributed by atoms with E-state index in [4.69, 9.17) is 23.2 Å². The van der Waals surface area contributed by atoms with Crippen molar-refractivity contribution in [3.05, 3.63) is 64.1 Å². The van der Waals surface area contributed by atoms with Gasteiger partial charge in [-0.05, 0) is 23.8 Å². The van der Waals surface area contributed by atoms with Crippen molar-refractivity contribution in [2.45, 2.75) is 11.0 Å². The quantitative estimate of drug-likeness (QED) is 0.817. The van der Waals surface area contributed by atoms with E-state index >= 15 is 0 Å². The maximum absolute atomic E-state index is 10.0. The molecular formula is C14H12Cl2OS. The van der Waals surface area contributed by atoms with Gasteiger partial charge in [0, 0.05) is 20.7 Å². The van der Waals surface area contributed by atoms with Crippen LogP contribution in [0.15, 0.2) is 53.4 Å². The van der Waals surface area contributed by atoms with E-state index < -0.39 is 6.10 Å². The third-order valence-corrected chi connectivity index (χ3v) is 3.92. The highest BCUT2D eigenvalue weighted by atomic mass is 35.5. The van der Waals surface area contributed by atoms with Gasteiger partial charge in [-0.15, -0.1) is 11.8 Å². The molecule has 0 aromatic heterocycles. The molecule has 1 atom stereocenters. The number of aliphatic hydroxyl groups is 1. The highest BCUT2D eigenvalue weighted by Gasteiger charge is 2.08. The van der Waals surface area contributed by atoms with Crippen LogP contribution in [0.1, 0.15) is 11.7 Å². The number of rotatable bonds is 4. The van der Waals surface area contributed by atoms with Crippen LogP contribution in [0.3, 0.4) is 0 Å². The van der Waals surface area contributed by atoms with Crippen LogP contribution in [-0.4, -0.2) is 10.9 Å². The van der Waals surface area contributed by atoms with Crippen LogP contribution < -0.4 is 0 Å². The molecule has 1 nitrogen and oxygen atoms in total. The molecule has 0 saturated carbocycles. The molecule has 0 aliphatic heterocycles. The number of hydrogen-bond donors (Lipinski definition) is 1. The van der Waals surface area contributed by atoms with E-state index in [0.717, 1.165) is 10.5 Å². The van der Waals surface area contributed by atoms with Gasteiger partial charge in [0.1, 0.15) is 0 Å². The van der Waals surface area contributed by atoms with E-state index in [2.05, 4.69) is 0 Å². The minimum absolute atomic E-state index is 0.492. The minimum atomic E-state index is -0.492. The smallest absolute Gasteiger partial charge is 0.0883 e. The van der Waals surface area contributed by atoms with Crippen LogP contribution >= 0.6 is 35.0 Å². The third kappa shape index (κ3) is 3.92. The van der Waals surface area contributed by atoms with Gasteiger partial charge in [-0.1, -0.05) is 53.5 Å². The molecule has 0 saturated heterocycles. The minimum Gasteiger partial charge on any atom is -0.388 e. The van der Waals surface area contributed by atoms with Gasteiger partial charge >= 0.3 is 0 Å². The standard InChI is InChI=1S/C14H12Cl2OS/c15-11-6-12(16)8-13(7-11)18-9-14(17)10-4-2-1-3-5-10/h1-8,14,17H,9H2. The molecule has 0 fully saturated rings. The number of halogens is 2. The van der Waals surface area contributed by atoms with E-state index in [-0.39, 0.29) is 0 Å². The molecule has 2 aromatic carbocycles. The van der Waals surface area contributed by atoms with Gasteiger partial charge in [-0.25, -0.2) is 0 Å². The Morgan fingerprint density at radius 3 is 2.22 bits per heavy atom. The predicted molar refractivity (Wildman–Crippen MR) is 78.6 cm³/mol. The van der Waals surface area contributed by atoms with Crippen molar-refractivity contribution in [1.29, 1.82) is 0 Å². The maximum Gasteiger partial charge on any atom is 0.0883 e. The molecule has 0 aliphatic rings. The highest BCUT2D eigenvalue weighted by molar-refractivity contribution is 7.99. The van der Waals surface area contributed by atoms with Crippen molar-refractivity contribution in [1.82, 2.24) is 0 Å². The van der Waals surface area contributed by atoms with Crippen molar-refractivity contribution in [3.8, 4) is 0 Å². The van der Waals surface area contributed by atoms with Crippen LogP contribution in [-0.2, 0) is 0 Å². The summed E-state index contributed by atoms with van der Waals surface area (Å²) in [6.45, 7) is 0. The summed E-state index contributed by atoms with van der Waals surface area (Å²) in [4.78, 5) is 0.961. The van der Waals surface area contributed by atoms with Gasteiger partial charge in [-0.2, -0.15) is 0 Å². The summed E-state index contributed by atoms with van der Waals surface area (Å²) in [6.07, 6.45) is -0.492. The van der Waals surface area contributed by atoms with Crippen LogP contribution in [0.2, 0.25) is 10.0 Å². The van der Waals surface area contributed by atoms with Crippen molar-refractivity contribution in [2.24, 2.45) is 0 Å². The Balaban J connectivity index is 1.99. The first kappa shape index (κ1) is 13.8. The first-order valence-electron chi connectivity index (χ1n) is 5.47. The summed E-state index contributed by atoms with van der Waals surface area (Å²) in [5.41, 5.74) is 0.915. The molecule has 1 N–H and O–H groups in total. The Kier molecular flexibility index (Phi) is 4.95. The first-order chi connectivity index (χ1) is 8.65. The van der Waals surface area contributed by atoms with Gasteiger partial charge in [0.2, 0.25) is 0 Å². The summed E-state index contributed by atoms with van der Waals surface area (Å²) in [6, 6.07) is 15.0. The zero-order valence-corrected chi connectivity index (χ0v) is 11.8. The largest absolute Gasteiger partial charge is 0.388 e. The molecular weight excluding hydrogens is 287 g/mol. The first-order valence-corrected chi connectivity index (χ1v) is 7.21. The van der Waals surface area contributed by atoms with Crippen molar-refractivity contribution >= 4 is 35.0 Å². The second-order valence-electron chi connectivity index (χ2n) is 3.84. The normalized spacial score (nSPS) is 12.4. The topological polar surface area (TPSA) is 20.2 Å². The van der Waals surface area contributed by atoms with Gasteiger partial charge in [0.05, 0.1) is 6.10 Å². The molecule has 2 rings (SSSR count). The second-order valence-corrected chi connectivity index (χ2v) is 5.81. The number of benzene rings is 2. The van der Waals surface area contributed by atoms with Gasteiger partial charge in [0.15, 0.2) is 0 Å². The van der Waals surface area contributed by atoms with Crippen molar-refractivity contribution in [2.75, 3.05) is 5.75 Å². The molecule has 18 heavy (non-hydrogen) atoms. The number of hydrogen-bond acceptors (Lipinski definition) is 2. The fourth-order valence-corrected chi connectivity index (χ4v) is 3.18. The summed E-state index contributed by atoms with van der Waals surface area (Å²) in [5.74, 6) is 0.570. The molecule has 0 radical (unpaired) electrons. The Labute approximate surface area is 121 Å². The van der Waals surface area contributed by atoms with Gasteiger partial charge in [0.25, 0.3) is 0 Å².